The molecule has 0 saturated heterocycles. The van der Waals surface area contributed by atoms with Gasteiger partial charge in [0.1, 0.15) is 5.75 Å². The van der Waals surface area contributed by atoms with E-state index in [4.69, 9.17) is 4.74 Å². The number of rotatable bonds is 2. The normalized spacial score (nSPS) is 37.3. The van der Waals surface area contributed by atoms with Crippen molar-refractivity contribution in [1.29, 1.82) is 0 Å². The second-order valence-electron chi connectivity index (χ2n) is 7.81. The Morgan fingerprint density at radius 3 is 2.68 bits per heavy atom. The lowest BCUT2D eigenvalue weighted by Gasteiger charge is -2.53. The molecule has 0 heterocycles. The molecule has 2 nitrogen and oxygen atoms in total. The highest BCUT2D eigenvalue weighted by atomic mass is 16.5. The van der Waals surface area contributed by atoms with Gasteiger partial charge in [-0.1, -0.05) is 26.0 Å². The van der Waals surface area contributed by atoms with Crippen LogP contribution in [0.3, 0.4) is 0 Å². The van der Waals surface area contributed by atoms with Crippen LogP contribution in [0, 0.1) is 18.3 Å². The molecule has 0 aromatic heterocycles. The number of phenolic OH excluding ortho intramolecular Hbond substituents is 1. The molecular weight excluding hydrogens is 272 g/mol. The van der Waals surface area contributed by atoms with Crippen LogP contribution in [0.2, 0.25) is 0 Å². The lowest BCUT2D eigenvalue weighted by molar-refractivity contribution is 0.0133. The molecule has 0 aliphatic heterocycles. The Balaban J connectivity index is 2.12. The molecule has 4 atom stereocenters. The average Bonchev–Trinajstić information content (AvgIpc) is 2.51. The van der Waals surface area contributed by atoms with Crippen LogP contribution in [-0.4, -0.2) is 12.2 Å². The van der Waals surface area contributed by atoms with E-state index in [9.17, 15) is 5.11 Å². The van der Waals surface area contributed by atoms with E-state index in [-0.39, 0.29) is 16.9 Å². The molecule has 2 aliphatic rings. The van der Waals surface area contributed by atoms with E-state index < -0.39 is 0 Å². The fourth-order valence-corrected chi connectivity index (χ4v) is 4.74. The van der Waals surface area contributed by atoms with Gasteiger partial charge in [-0.25, -0.2) is 0 Å². The molecule has 0 bridgehead atoms. The summed E-state index contributed by atoms with van der Waals surface area (Å²) in [5.41, 5.74) is 4.03. The third-order valence-corrected chi connectivity index (χ3v) is 6.53. The summed E-state index contributed by atoms with van der Waals surface area (Å²) in [5.74, 6) is 0.986. The summed E-state index contributed by atoms with van der Waals surface area (Å²) < 4.78 is 5.81. The third kappa shape index (κ3) is 2.11. The third-order valence-electron chi connectivity index (χ3n) is 6.53. The lowest BCUT2D eigenvalue weighted by atomic mass is 9.52. The fourth-order valence-electron chi connectivity index (χ4n) is 4.74. The van der Waals surface area contributed by atoms with Gasteiger partial charge in [-0.15, -0.1) is 6.58 Å². The van der Waals surface area contributed by atoms with Crippen molar-refractivity contribution in [2.24, 2.45) is 11.3 Å². The molecule has 1 aromatic carbocycles. The van der Waals surface area contributed by atoms with Gasteiger partial charge in [0.25, 0.3) is 0 Å². The Morgan fingerprint density at radius 2 is 2.05 bits per heavy atom. The number of methoxy groups -OCH3 is 1. The minimum atomic E-state index is 0.0901. The number of allylic oxidation sites excluding steroid dienone is 1. The van der Waals surface area contributed by atoms with E-state index in [1.807, 2.05) is 13.0 Å². The Hall–Kier alpha value is -1.28. The monoisotopic (exact) mass is 300 g/mol. The maximum atomic E-state index is 10.1. The fraction of sp³-hybridized carbons (Fsp3) is 0.600. The molecular formula is C20H28O2. The molecule has 3 rings (SSSR count). The van der Waals surface area contributed by atoms with Gasteiger partial charge in [0, 0.05) is 7.11 Å². The van der Waals surface area contributed by atoms with Crippen LogP contribution in [0.1, 0.15) is 62.3 Å². The number of fused-ring (bicyclic) bond motifs is 3. The van der Waals surface area contributed by atoms with Crippen LogP contribution >= 0.6 is 0 Å². The summed E-state index contributed by atoms with van der Waals surface area (Å²) in [4.78, 5) is 0. The molecule has 120 valence electrons. The Morgan fingerprint density at radius 1 is 1.32 bits per heavy atom. The number of phenols is 1. The maximum absolute atomic E-state index is 10.1. The Labute approximate surface area is 134 Å². The summed E-state index contributed by atoms with van der Waals surface area (Å²) >= 11 is 0. The molecule has 0 spiro atoms. The van der Waals surface area contributed by atoms with Gasteiger partial charge in [0.2, 0.25) is 0 Å². The highest BCUT2D eigenvalue weighted by molar-refractivity contribution is 5.50. The molecule has 1 fully saturated rings. The first-order valence-corrected chi connectivity index (χ1v) is 8.34. The zero-order valence-electron chi connectivity index (χ0n) is 14.3. The van der Waals surface area contributed by atoms with Crippen molar-refractivity contribution in [3.63, 3.8) is 0 Å². The van der Waals surface area contributed by atoms with Gasteiger partial charge in [-0.05, 0) is 72.1 Å². The molecule has 0 amide bonds. The zero-order chi connectivity index (χ0) is 16.1. The molecule has 0 radical (unpaired) electrons. The predicted molar refractivity (Wildman–Crippen MR) is 90.2 cm³/mol. The van der Waals surface area contributed by atoms with Crippen LogP contribution < -0.4 is 0 Å². The molecule has 1 N–H and O–H groups in total. The van der Waals surface area contributed by atoms with E-state index >= 15 is 0 Å². The van der Waals surface area contributed by atoms with Crippen molar-refractivity contribution < 1.29 is 9.84 Å². The number of hydrogen-bond donors (Lipinski definition) is 1. The Kier molecular flexibility index (Phi) is 3.64. The number of hydrogen-bond acceptors (Lipinski definition) is 2. The van der Waals surface area contributed by atoms with E-state index in [0.717, 1.165) is 12.0 Å². The van der Waals surface area contributed by atoms with Gasteiger partial charge in [0.05, 0.1) is 6.10 Å². The first kappa shape index (κ1) is 15.6. The second-order valence-corrected chi connectivity index (χ2v) is 7.81. The summed E-state index contributed by atoms with van der Waals surface area (Å²) in [6.07, 6.45) is 6.80. The highest BCUT2D eigenvalue weighted by Crippen LogP contribution is 2.58. The van der Waals surface area contributed by atoms with Gasteiger partial charge in [0.15, 0.2) is 0 Å². The molecule has 2 heteroatoms. The van der Waals surface area contributed by atoms with Crippen LogP contribution in [0.15, 0.2) is 24.8 Å². The number of ether oxygens (including phenoxy) is 1. The molecule has 22 heavy (non-hydrogen) atoms. The lowest BCUT2D eigenvalue weighted by Crippen LogP contribution is -2.45. The summed E-state index contributed by atoms with van der Waals surface area (Å²) in [7, 11) is 1.79. The van der Waals surface area contributed by atoms with Crippen molar-refractivity contribution in [3.05, 3.63) is 41.5 Å². The maximum Gasteiger partial charge on any atom is 0.118 e. The quantitative estimate of drug-likeness (QED) is 0.775. The van der Waals surface area contributed by atoms with E-state index in [1.54, 1.807) is 7.11 Å². The van der Waals surface area contributed by atoms with Crippen LogP contribution in [0.5, 0.6) is 5.75 Å². The van der Waals surface area contributed by atoms with Crippen molar-refractivity contribution in [3.8, 4) is 5.75 Å². The van der Waals surface area contributed by atoms with Crippen molar-refractivity contribution >= 4 is 0 Å². The van der Waals surface area contributed by atoms with E-state index in [2.05, 4.69) is 32.6 Å². The van der Waals surface area contributed by atoms with Crippen LogP contribution in [0.4, 0.5) is 0 Å². The molecule has 1 aromatic rings. The largest absolute Gasteiger partial charge is 0.508 e. The van der Waals surface area contributed by atoms with Gasteiger partial charge in [-0.3, -0.25) is 0 Å². The zero-order valence-corrected chi connectivity index (χ0v) is 14.3. The van der Waals surface area contributed by atoms with Gasteiger partial charge < -0.3 is 9.84 Å². The van der Waals surface area contributed by atoms with Crippen molar-refractivity contribution in [2.75, 3.05) is 7.11 Å². The van der Waals surface area contributed by atoms with E-state index in [0.29, 0.717) is 11.7 Å². The Bertz CT molecular complexity index is 606. The minimum Gasteiger partial charge on any atom is -0.508 e. The molecule has 1 saturated carbocycles. The SMILES string of the molecule is C=C[C@]1(C)CC[C@@]2(C)c3ccc(O)c(C)c3[C@H](OC)C[C@@H]2C1. The predicted octanol–water partition coefficient (Wildman–Crippen LogP) is 5.04. The summed E-state index contributed by atoms with van der Waals surface area (Å²) in [5, 5.41) is 10.1. The highest BCUT2D eigenvalue weighted by Gasteiger charge is 2.49. The second kappa shape index (κ2) is 5.13. The van der Waals surface area contributed by atoms with Crippen LogP contribution in [0.25, 0.3) is 0 Å². The number of aromatic hydroxyl groups is 1. The minimum absolute atomic E-state index is 0.0901. The smallest absolute Gasteiger partial charge is 0.118 e. The van der Waals surface area contributed by atoms with Crippen molar-refractivity contribution in [2.45, 2.75) is 58.0 Å². The molecule has 2 aliphatic carbocycles. The van der Waals surface area contributed by atoms with Gasteiger partial charge in [-0.2, -0.15) is 0 Å². The van der Waals surface area contributed by atoms with Gasteiger partial charge >= 0.3 is 0 Å². The summed E-state index contributed by atoms with van der Waals surface area (Å²) in [6, 6.07) is 3.99. The molecule has 0 unspecified atom stereocenters. The topological polar surface area (TPSA) is 29.5 Å². The van der Waals surface area contributed by atoms with Crippen LogP contribution in [-0.2, 0) is 10.2 Å². The average molecular weight is 300 g/mol. The van der Waals surface area contributed by atoms with E-state index in [1.165, 1.54) is 30.4 Å². The summed E-state index contributed by atoms with van der Waals surface area (Å²) in [6.45, 7) is 10.8. The van der Waals surface area contributed by atoms with Crippen molar-refractivity contribution in [1.82, 2.24) is 0 Å². The first-order chi connectivity index (χ1) is 10.3. The number of benzene rings is 1. The standard InChI is InChI=1S/C20H28O2/c1-6-19(3)9-10-20(4)14(12-19)11-17(22-5)18-13(2)16(21)8-7-15(18)20/h6-8,14,17,21H,1,9-12H2,2-5H3/t14-,17-,19-,20-/m1/s1. The first-order valence-electron chi connectivity index (χ1n) is 8.34.